The number of aromatic nitrogens is 2. The number of methoxy groups -OCH3 is 1. The van der Waals surface area contributed by atoms with Crippen molar-refractivity contribution in [3.8, 4) is 0 Å². The van der Waals surface area contributed by atoms with Crippen molar-refractivity contribution in [2.24, 2.45) is 5.92 Å². The predicted molar refractivity (Wildman–Crippen MR) is 84.8 cm³/mol. The Morgan fingerprint density at radius 1 is 1.45 bits per heavy atom. The largest absolute Gasteiger partial charge is 0.384 e. The monoisotopic (exact) mass is 330 g/mol. The SMILES string of the molecule is COCC1CCCN(S(=O)(=O)NCCn2cnc(C)c2C)C1. The number of nitrogens with one attached hydrogen (secondary N) is 1. The molecule has 1 aromatic rings. The van der Waals surface area contributed by atoms with Crippen LogP contribution in [0.1, 0.15) is 24.2 Å². The quantitative estimate of drug-likeness (QED) is 0.798. The van der Waals surface area contributed by atoms with E-state index < -0.39 is 10.2 Å². The Hall–Kier alpha value is -0.960. The molecular weight excluding hydrogens is 304 g/mol. The molecule has 1 N–H and O–H groups in total. The van der Waals surface area contributed by atoms with Crippen LogP contribution in [0.5, 0.6) is 0 Å². The van der Waals surface area contributed by atoms with E-state index in [1.807, 2.05) is 18.4 Å². The molecular formula is C14H26N4O3S. The third-order valence-corrected chi connectivity index (χ3v) is 5.79. The minimum absolute atomic E-state index is 0.286. The van der Waals surface area contributed by atoms with Crippen LogP contribution in [-0.4, -0.2) is 55.6 Å². The lowest BCUT2D eigenvalue weighted by Gasteiger charge is -2.31. The number of imidazole rings is 1. The van der Waals surface area contributed by atoms with Gasteiger partial charge in [0, 0.05) is 39.0 Å². The molecule has 1 aliphatic heterocycles. The van der Waals surface area contributed by atoms with E-state index in [2.05, 4.69) is 9.71 Å². The molecule has 0 bridgehead atoms. The van der Waals surface area contributed by atoms with Crippen molar-refractivity contribution in [3.63, 3.8) is 0 Å². The molecule has 0 radical (unpaired) electrons. The van der Waals surface area contributed by atoms with Crippen molar-refractivity contribution in [2.45, 2.75) is 33.2 Å². The van der Waals surface area contributed by atoms with Gasteiger partial charge in [0.2, 0.25) is 0 Å². The average molecular weight is 330 g/mol. The van der Waals surface area contributed by atoms with E-state index in [-0.39, 0.29) is 5.92 Å². The van der Waals surface area contributed by atoms with Crippen molar-refractivity contribution >= 4 is 10.2 Å². The molecule has 8 heteroatoms. The van der Waals surface area contributed by atoms with Gasteiger partial charge >= 0.3 is 0 Å². The van der Waals surface area contributed by atoms with E-state index in [0.717, 1.165) is 24.2 Å². The summed E-state index contributed by atoms with van der Waals surface area (Å²) in [5, 5.41) is 0. The van der Waals surface area contributed by atoms with Crippen molar-refractivity contribution in [3.05, 3.63) is 17.7 Å². The number of rotatable bonds is 7. The van der Waals surface area contributed by atoms with Gasteiger partial charge in [-0.2, -0.15) is 12.7 Å². The molecule has 1 aliphatic rings. The van der Waals surface area contributed by atoms with Crippen LogP contribution in [0, 0.1) is 19.8 Å². The van der Waals surface area contributed by atoms with Crippen molar-refractivity contribution in [2.75, 3.05) is 33.4 Å². The first kappa shape index (κ1) is 17.4. The standard InChI is InChI=1S/C14H26N4O3S/c1-12-13(2)17(11-15-12)8-6-16-22(19,20)18-7-4-5-14(9-18)10-21-3/h11,14,16H,4-10H2,1-3H3. The molecule has 2 heterocycles. The summed E-state index contributed by atoms with van der Waals surface area (Å²) in [6.07, 6.45) is 3.65. The van der Waals surface area contributed by atoms with Gasteiger partial charge in [-0.15, -0.1) is 0 Å². The maximum atomic E-state index is 12.4. The fraction of sp³-hybridized carbons (Fsp3) is 0.786. The minimum atomic E-state index is -3.42. The highest BCUT2D eigenvalue weighted by molar-refractivity contribution is 7.87. The third-order valence-electron chi connectivity index (χ3n) is 4.21. The second-order valence-corrected chi connectivity index (χ2v) is 7.58. The van der Waals surface area contributed by atoms with E-state index in [1.165, 1.54) is 4.31 Å². The summed E-state index contributed by atoms with van der Waals surface area (Å²) in [5.41, 5.74) is 2.04. The molecule has 22 heavy (non-hydrogen) atoms. The van der Waals surface area contributed by atoms with E-state index in [9.17, 15) is 8.42 Å². The van der Waals surface area contributed by atoms with Gasteiger partial charge in [0.1, 0.15) is 0 Å². The van der Waals surface area contributed by atoms with Gasteiger partial charge in [-0.25, -0.2) is 9.71 Å². The fourth-order valence-corrected chi connectivity index (χ4v) is 4.08. The van der Waals surface area contributed by atoms with Gasteiger partial charge < -0.3 is 9.30 Å². The van der Waals surface area contributed by atoms with Gasteiger partial charge in [-0.3, -0.25) is 0 Å². The zero-order valence-corrected chi connectivity index (χ0v) is 14.4. The molecule has 1 aromatic heterocycles. The summed E-state index contributed by atoms with van der Waals surface area (Å²) in [4.78, 5) is 4.21. The number of aryl methyl sites for hydroxylation is 1. The molecule has 2 rings (SSSR count). The molecule has 1 unspecified atom stereocenters. The van der Waals surface area contributed by atoms with Gasteiger partial charge in [-0.05, 0) is 32.6 Å². The molecule has 0 aliphatic carbocycles. The van der Waals surface area contributed by atoms with Crippen LogP contribution in [0.25, 0.3) is 0 Å². The first-order valence-corrected chi connectivity index (χ1v) is 9.10. The van der Waals surface area contributed by atoms with Crippen molar-refractivity contribution < 1.29 is 13.2 Å². The van der Waals surface area contributed by atoms with Gasteiger partial charge in [0.15, 0.2) is 0 Å². The normalized spacial score (nSPS) is 20.4. The third kappa shape index (κ3) is 4.28. The molecule has 0 amide bonds. The second kappa shape index (κ2) is 7.54. The zero-order valence-electron chi connectivity index (χ0n) is 13.6. The van der Waals surface area contributed by atoms with Gasteiger partial charge in [-0.1, -0.05) is 0 Å². The summed E-state index contributed by atoms with van der Waals surface area (Å²) in [6.45, 7) is 6.60. The van der Waals surface area contributed by atoms with Crippen LogP contribution < -0.4 is 4.72 Å². The van der Waals surface area contributed by atoms with E-state index >= 15 is 0 Å². The maximum absolute atomic E-state index is 12.4. The lowest BCUT2D eigenvalue weighted by atomic mass is 10.0. The Morgan fingerprint density at radius 2 is 2.23 bits per heavy atom. The fourth-order valence-electron chi connectivity index (χ4n) is 2.77. The number of piperidine rings is 1. The average Bonchev–Trinajstić information content (AvgIpc) is 2.80. The summed E-state index contributed by atoms with van der Waals surface area (Å²) >= 11 is 0. The molecule has 126 valence electrons. The molecule has 1 atom stereocenters. The van der Waals surface area contributed by atoms with Crippen molar-refractivity contribution in [1.29, 1.82) is 0 Å². The van der Waals surface area contributed by atoms with E-state index in [4.69, 9.17) is 4.74 Å². The van der Waals surface area contributed by atoms with E-state index in [1.54, 1.807) is 13.4 Å². The highest BCUT2D eigenvalue weighted by Crippen LogP contribution is 2.18. The van der Waals surface area contributed by atoms with E-state index in [0.29, 0.717) is 32.8 Å². The van der Waals surface area contributed by atoms with Crippen LogP contribution in [0.3, 0.4) is 0 Å². The minimum Gasteiger partial charge on any atom is -0.384 e. The Bertz CT molecular complexity index is 583. The summed E-state index contributed by atoms with van der Waals surface area (Å²) < 4.78 is 36.1. The number of hydrogen-bond donors (Lipinski definition) is 1. The number of ether oxygens (including phenoxy) is 1. The molecule has 0 saturated carbocycles. The van der Waals surface area contributed by atoms with Crippen molar-refractivity contribution in [1.82, 2.24) is 18.6 Å². The molecule has 1 fully saturated rings. The molecule has 7 nitrogen and oxygen atoms in total. The predicted octanol–water partition coefficient (Wildman–Crippen LogP) is 0.693. The highest BCUT2D eigenvalue weighted by Gasteiger charge is 2.28. The summed E-state index contributed by atoms with van der Waals surface area (Å²) in [7, 11) is -1.76. The summed E-state index contributed by atoms with van der Waals surface area (Å²) in [6, 6.07) is 0. The van der Waals surface area contributed by atoms with Crippen LogP contribution in [0.15, 0.2) is 6.33 Å². The van der Waals surface area contributed by atoms with Crippen LogP contribution in [0.2, 0.25) is 0 Å². The highest BCUT2D eigenvalue weighted by atomic mass is 32.2. The zero-order chi connectivity index (χ0) is 16.2. The Labute approximate surface area is 132 Å². The molecule has 0 aromatic carbocycles. The lowest BCUT2D eigenvalue weighted by molar-refractivity contribution is 0.118. The maximum Gasteiger partial charge on any atom is 0.279 e. The van der Waals surface area contributed by atoms with Crippen LogP contribution >= 0.6 is 0 Å². The molecule has 1 saturated heterocycles. The topological polar surface area (TPSA) is 76.5 Å². The number of hydrogen-bond acceptors (Lipinski definition) is 4. The first-order valence-electron chi connectivity index (χ1n) is 7.66. The Balaban J connectivity index is 1.86. The Kier molecular flexibility index (Phi) is 5.96. The second-order valence-electron chi connectivity index (χ2n) is 5.83. The smallest absolute Gasteiger partial charge is 0.279 e. The Morgan fingerprint density at radius 3 is 2.86 bits per heavy atom. The number of nitrogens with zero attached hydrogens (tertiary/aromatic N) is 3. The van der Waals surface area contributed by atoms with Gasteiger partial charge in [0.05, 0.1) is 18.6 Å². The molecule has 0 spiro atoms. The lowest BCUT2D eigenvalue weighted by Crippen LogP contribution is -2.47. The van der Waals surface area contributed by atoms with Gasteiger partial charge in [0.25, 0.3) is 10.2 Å². The van der Waals surface area contributed by atoms with Crippen LogP contribution in [0.4, 0.5) is 0 Å². The van der Waals surface area contributed by atoms with Crippen LogP contribution in [-0.2, 0) is 21.5 Å². The summed E-state index contributed by atoms with van der Waals surface area (Å²) in [5.74, 6) is 0.286. The first-order chi connectivity index (χ1) is 10.4.